The molecule has 0 aromatic heterocycles. The Bertz CT molecular complexity index is 139. The van der Waals surface area contributed by atoms with E-state index in [2.05, 4.69) is 0 Å². The largest absolute Gasteiger partial charge is 0.396 e. The molecule has 3 heteroatoms. The first-order valence-corrected chi connectivity index (χ1v) is 7.18. The third-order valence-corrected chi connectivity index (χ3v) is 2.99. The van der Waals surface area contributed by atoms with E-state index in [1.54, 1.807) is 0 Å². The number of rotatable bonds is 13. The van der Waals surface area contributed by atoms with Crippen LogP contribution in [0.4, 0.5) is 0 Å². The topological polar surface area (TPSA) is 49.7 Å². The second kappa shape index (κ2) is 13.9. The molecule has 0 saturated carbocycles. The van der Waals surface area contributed by atoms with E-state index in [9.17, 15) is 5.11 Å². The van der Waals surface area contributed by atoms with Gasteiger partial charge in [0.2, 0.25) is 0 Å². The summed E-state index contributed by atoms with van der Waals surface area (Å²) in [6, 6.07) is 0. The number of aliphatic hydroxyl groups excluding tert-OH is 2. The summed E-state index contributed by atoms with van der Waals surface area (Å²) in [6.45, 7) is 3.87. The van der Waals surface area contributed by atoms with Crippen LogP contribution >= 0.6 is 0 Å². The lowest BCUT2D eigenvalue weighted by molar-refractivity contribution is 0.122. The molecule has 17 heavy (non-hydrogen) atoms. The maximum absolute atomic E-state index is 9.40. The van der Waals surface area contributed by atoms with Crippen molar-refractivity contribution in [3.05, 3.63) is 0 Å². The van der Waals surface area contributed by atoms with Crippen LogP contribution in [-0.2, 0) is 4.74 Å². The Morgan fingerprint density at radius 3 is 2.06 bits per heavy atom. The van der Waals surface area contributed by atoms with Gasteiger partial charge in [-0.2, -0.15) is 0 Å². The molecular formula is C14H30O3. The minimum absolute atomic E-state index is 0.0982. The van der Waals surface area contributed by atoms with Crippen LogP contribution in [0.1, 0.15) is 64.7 Å². The van der Waals surface area contributed by atoms with Crippen molar-refractivity contribution >= 4 is 0 Å². The van der Waals surface area contributed by atoms with Crippen molar-refractivity contribution in [1.82, 2.24) is 0 Å². The lowest BCUT2D eigenvalue weighted by Crippen LogP contribution is -2.08. The first-order chi connectivity index (χ1) is 8.31. The SMILES string of the molecule is CCOCCCCCCCCCC(O)CCO. The summed E-state index contributed by atoms with van der Waals surface area (Å²) in [5.74, 6) is 0. The maximum Gasteiger partial charge on any atom is 0.0562 e. The molecule has 0 fully saturated rings. The Balaban J connectivity index is 2.98. The molecule has 0 rings (SSSR count). The van der Waals surface area contributed by atoms with Crippen LogP contribution < -0.4 is 0 Å². The van der Waals surface area contributed by atoms with Gasteiger partial charge in [-0.3, -0.25) is 0 Å². The van der Waals surface area contributed by atoms with Gasteiger partial charge in [0, 0.05) is 19.8 Å². The molecule has 1 unspecified atom stereocenters. The lowest BCUT2D eigenvalue weighted by atomic mass is 10.1. The fourth-order valence-electron chi connectivity index (χ4n) is 1.91. The van der Waals surface area contributed by atoms with Crippen LogP contribution in [0, 0.1) is 0 Å². The van der Waals surface area contributed by atoms with E-state index in [4.69, 9.17) is 9.84 Å². The molecular weight excluding hydrogens is 216 g/mol. The van der Waals surface area contributed by atoms with Gasteiger partial charge in [0.1, 0.15) is 0 Å². The van der Waals surface area contributed by atoms with Crippen LogP contribution in [0.15, 0.2) is 0 Å². The second-order valence-electron chi connectivity index (χ2n) is 4.63. The Labute approximate surface area is 106 Å². The monoisotopic (exact) mass is 246 g/mol. The highest BCUT2D eigenvalue weighted by molar-refractivity contribution is 4.55. The molecule has 0 saturated heterocycles. The Morgan fingerprint density at radius 2 is 1.47 bits per heavy atom. The lowest BCUT2D eigenvalue weighted by Gasteiger charge is -2.08. The van der Waals surface area contributed by atoms with Crippen LogP contribution in [0.3, 0.4) is 0 Å². The van der Waals surface area contributed by atoms with E-state index < -0.39 is 0 Å². The number of hydrogen-bond donors (Lipinski definition) is 2. The highest BCUT2D eigenvalue weighted by atomic mass is 16.5. The van der Waals surface area contributed by atoms with Gasteiger partial charge in [-0.25, -0.2) is 0 Å². The third kappa shape index (κ3) is 13.8. The molecule has 0 amide bonds. The van der Waals surface area contributed by atoms with Gasteiger partial charge in [-0.1, -0.05) is 38.5 Å². The third-order valence-electron chi connectivity index (χ3n) is 2.99. The summed E-state index contributed by atoms with van der Waals surface area (Å²) in [5.41, 5.74) is 0. The van der Waals surface area contributed by atoms with Crippen LogP contribution in [0.2, 0.25) is 0 Å². The van der Waals surface area contributed by atoms with Crippen molar-refractivity contribution in [2.75, 3.05) is 19.8 Å². The standard InChI is InChI=1S/C14H30O3/c1-2-17-13-9-7-5-3-4-6-8-10-14(16)11-12-15/h14-16H,2-13H2,1H3. The van der Waals surface area contributed by atoms with Gasteiger partial charge >= 0.3 is 0 Å². The van der Waals surface area contributed by atoms with Crippen LogP contribution in [0.5, 0.6) is 0 Å². The van der Waals surface area contributed by atoms with Crippen molar-refractivity contribution in [1.29, 1.82) is 0 Å². The average molecular weight is 246 g/mol. The molecule has 0 aromatic rings. The minimum Gasteiger partial charge on any atom is -0.396 e. The summed E-state index contributed by atoms with van der Waals surface area (Å²) >= 11 is 0. The van der Waals surface area contributed by atoms with Crippen molar-refractivity contribution < 1.29 is 14.9 Å². The van der Waals surface area contributed by atoms with Crippen molar-refractivity contribution in [2.45, 2.75) is 70.8 Å². The van der Waals surface area contributed by atoms with Gasteiger partial charge in [0.15, 0.2) is 0 Å². The summed E-state index contributed by atoms with van der Waals surface area (Å²) in [6.07, 6.45) is 9.66. The average Bonchev–Trinajstić information content (AvgIpc) is 2.32. The molecule has 0 aromatic carbocycles. The van der Waals surface area contributed by atoms with Gasteiger partial charge in [0.05, 0.1) is 6.10 Å². The molecule has 0 radical (unpaired) electrons. The molecule has 0 bridgehead atoms. The van der Waals surface area contributed by atoms with E-state index >= 15 is 0 Å². The quantitative estimate of drug-likeness (QED) is 0.491. The second-order valence-corrected chi connectivity index (χ2v) is 4.63. The van der Waals surface area contributed by atoms with Crippen LogP contribution in [-0.4, -0.2) is 36.1 Å². The molecule has 0 aliphatic carbocycles. The molecule has 1 atom stereocenters. The smallest absolute Gasteiger partial charge is 0.0562 e. The minimum atomic E-state index is -0.300. The highest BCUT2D eigenvalue weighted by Crippen LogP contribution is 2.10. The van der Waals surface area contributed by atoms with Gasteiger partial charge < -0.3 is 14.9 Å². The predicted octanol–water partition coefficient (Wildman–Crippen LogP) is 2.89. The summed E-state index contributed by atoms with van der Waals surface area (Å²) < 4.78 is 5.28. The van der Waals surface area contributed by atoms with Crippen molar-refractivity contribution in [3.8, 4) is 0 Å². The van der Waals surface area contributed by atoms with Crippen molar-refractivity contribution in [2.24, 2.45) is 0 Å². The van der Waals surface area contributed by atoms with E-state index in [1.807, 2.05) is 6.92 Å². The fraction of sp³-hybridized carbons (Fsp3) is 1.00. The zero-order valence-corrected chi connectivity index (χ0v) is 11.4. The molecule has 0 aliphatic heterocycles. The molecule has 0 heterocycles. The van der Waals surface area contributed by atoms with E-state index in [0.717, 1.165) is 26.1 Å². The summed E-state index contributed by atoms with van der Waals surface area (Å²) in [5, 5.41) is 18.0. The van der Waals surface area contributed by atoms with Gasteiger partial charge in [-0.05, 0) is 26.2 Å². The Morgan fingerprint density at radius 1 is 0.882 bits per heavy atom. The maximum atomic E-state index is 9.40. The first-order valence-electron chi connectivity index (χ1n) is 7.18. The van der Waals surface area contributed by atoms with Gasteiger partial charge in [-0.15, -0.1) is 0 Å². The number of ether oxygens (including phenoxy) is 1. The van der Waals surface area contributed by atoms with E-state index in [-0.39, 0.29) is 12.7 Å². The predicted molar refractivity (Wildman–Crippen MR) is 71.1 cm³/mol. The van der Waals surface area contributed by atoms with E-state index in [0.29, 0.717) is 6.42 Å². The zero-order chi connectivity index (χ0) is 12.8. The molecule has 0 aliphatic rings. The normalized spacial score (nSPS) is 12.9. The van der Waals surface area contributed by atoms with E-state index in [1.165, 1.54) is 38.5 Å². The Kier molecular flexibility index (Phi) is 13.8. The van der Waals surface area contributed by atoms with Crippen molar-refractivity contribution in [3.63, 3.8) is 0 Å². The molecule has 2 N–H and O–H groups in total. The molecule has 3 nitrogen and oxygen atoms in total. The molecule has 0 spiro atoms. The molecule has 104 valence electrons. The van der Waals surface area contributed by atoms with Gasteiger partial charge in [0.25, 0.3) is 0 Å². The number of unbranched alkanes of at least 4 members (excludes halogenated alkanes) is 6. The Hall–Kier alpha value is -0.120. The zero-order valence-electron chi connectivity index (χ0n) is 11.4. The fourth-order valence-corrected chi connectivity index (χ4v) is 1.91. The number of hydrogen-bond acceptors (Lipinski definition) is 3. The number of aliphatic hydroxyl groups is 2. The summed E-state index contributed by atoms with van der Waals surface area (Å²) in [7, 11) is 0. The first kappa shape index (κ1) is 16.9. The highest BCUT2D eigenvalue weighted by Gasteiger charge is 2.01. The van der Waals surface area contributed by atoms with Crippen LogP contribution in [0.25, 0.3) is 0 Å². The summed E-state index contributed by atoms with van der Waals surface area (Å²) in [4.78, 5) is 0.